The van der Waals surface area contributed by atoms with Crippen LogP contribution in [0.5, 0.6) is 0 Å². The molecule has 100 valence electrons. The molecule has 2 atom stereocenters. The lowest BCUT2D eigenvalue weighted by atomic mass is 10.1. The predicted molar refractivity (Wildman–Crippen MR) is 76.1 cm³/mol. The van der Waals surface area contributed by atoms with Gasteiger partial charge in [0.1, 0.15) is 5.01 Å². The first-order valence-corrected chi connectivity index (χ1v) is 8.15. The van der Waals surface area contributed by atoms with Gasteiger partial charge >= 0.3 is 0 Å². The highest BCUT2D eigenvalue weighted by molar-refractivity contribution is 7.09. The van der Waals surface area contributed by atoms with Crippen LogP contribution in [0.1, 0.15) is 30.5 Å². The van der Waals surface area contributed by atoms with Crippen LogP contribution in [0.4, 0.5) is 0 Å². The summed E-state index contributed by atoms with van der Waals surface area (Å²) in [5.74, 6) is 0.530. The van der Waals surface area contributed by atoms with Gasteiger partial charge in [-0.1, -0.05) is 0 Å². The van der Waals surface area contributed by atoms with Gasteiger partial charge in [0.25, 0.3) is 0 Å². The van der Waals surface area contributed by atoms with E-state index in [1.54, 1.807) is 11.3 Å². The molecule has 3 nitrogen and oxygen atoms in total. The van der Waals surface area contributed by atoms with Crippen LogP contribution in [-0.4, -0.2) is 46.5 Å². The lowest BCUT2D eigenvalue weighted by Crippen LogP contribution is -2.54. The number of alkyl halides is 1. The number of piperazine rings is 1. The molecule has 1 aromatic rings. The highest BCUT2D eigenvalue weighted by Crippen LogP contribution is 2.26. The summed E-state index contributed by atoms with van der Waals surface area (Å²) >= 11 is 7.55. The van der Waals surface area contributed by atoms with E-state index in [4.69, 9.17) is 11.6 Å². The molecule has 0 spiro atoms. The minimum Gasteiger partial charge on any atom is -0.298 e. The number of nitrogens with zero attached hydrogens (tertiary/aromatic N) is 3. The Labute approximate surface area is 118 Å². The predicted octanol–water partition coefficient (Wildman–Crippen LogP) is 2.55. The molecule has 0 radical (unpaired) electrons. The summed E-state index contributed by atoms with van der Waals surface area (Å²) in [6.45, 7) is 7.06. The Hall–Kier alpha value is -0.160. The summed E-state index contributed by atoms with van der Waals surface area (Å²) in [5, 5.41) is 3.29. The van der Waals surface area contributed by atoms with E-state index in [0.717, 1.165) is 18.3 Å². The minimum atomic E-state index is 0.530. The van der Waals surface area contributed by atoms with Crippen molar-refractivity contribution in [3.63, 3.8) is 0 Å². The standard InChI is InChI=1S/C13H20ClN3S/c1-10-6-16-4-2-3-12(16)7-17(10)8-13-15-11(5-14)9-18-13/h9-10,12H,2-8H2,1H3. The third-order valence-corrected chi connectivity index (χ3v) is 5.30. The van der Waals surface area contributed by atoms with E-state index >= 15 is 0 Å². The Kier molecular flexibility index (Phi) is 3.89. The fraction of sp³-hybridized carbons (Fsp3) is 0.769. The Bertz CT molecular complexity index is 409. The third-order valence-electron chi connectivity index (χ3n) is 4.14. The first kappa shape index (κ1) is 12.9. The molecule has 0 N–H and O–H groups in total. The van der Waals surface area contributed by atoms with Crippen LogP contribution >= 0.6 is 22.9 Å². The lowest BCUT2D eigenvalue weighted by molar-refractivity contribution is 0.0540. The van der Waals surface area contributed by atoms with Gasteiger partial charge in [-0.2, -0.15) is 0 Å². The smallest absolute Gasteiger partial charge is 0.107 e. The van der Waals surface area contributed by atoms with Gasteiger partial charge in [0.05, 0.1) is 18.1 Å². The third kappa shape index (κ3) is 2.57. The Morgan fingerprint density at radius 1 is 1.50 bits per heavy atom. The van der Waals surface area contributed by atoms with E-state index in [-0.39, 0.29) is 0 Å². The van der Waals surface area contributed by atoms with Crippen molar-refractivity contribution in [3.05, 3.63) is 16.1 Å². The molecule has 0 bridgehead atoms. The number of hydrogen-bond acceptors (Lipinski definition) is 4. The maximum Gasteiger partial charge on any atom is 0.107 e. The van der Waals surface area contributed by atoms with Crippen molar-refractivity contribution in [1.82, 2.24) is 14.8 Å². The number of aromatic nitrogens is 1. The first-order chi connectivity index (χ1) is 8.76. The summed E-state index contributed by atoms with van der Waals surface area (Å²) in [4.78, 5) is 9.82. The molecule has 2 unspecified atom stereocenters. The van der Waals surface area contributed by atoms with Gasteiger partial charge in [-0.3, -0.25) is 9.80 Å². The van der Waals surface area contributed by atoms with Crippen LogP contribution in [0.15, 0.2) is 5.38 Å². The van der Waals surface area contributed by atoms with Crippen LogP contribution < -0.4 is 0 Å². The number of halogens is 1. The molecular weight excluding hydrogens is 266 g/mol. The van der Waals surface area contributed by atoms with Crippen LogP contribution in [0.2, 0.25) is 0 Å². The summed E-state index contributed by atoms with van der Waals surface area (Å²) in [5.41, 5.74) is 1.02. The van der Waals surface area contributed by atoms with Crippen molar-refractivity contribution >= 4 is 22.9 Å². The maximum atomic E-state index is 5.81. The van der Waals surface area contributed by atoms with E-state index in [2.05, 4.69) is 27.1 Å². The molecule has 2 fully saturated rings. The van der Waals surface area contributed by atoms with Crippen LogP contribution in [-0.2, 0) is 12.4 Å². The minimum absolute atomic E-state index is 0.530. The molecule has 2 aliphatic heterocycles. The summed E-state index contributed by atoms with van der Waals surface area (Å²) in [6, 6.07) is 1.43. The van der Waals surface area contributed by atoms with E-state index in [1.165, 1.54) is 37.5 Å². The lowest BCUT2D eigenvalue weighted by Gasteiger charge is -2.41. The van der Waals surface area contributed by atoms with Gasteiger partial charge < -0.3 is 0 Å². The zero-order chi connectivity index (χ0) is 12.5. The molecule has 0 aliphatic carbocycles. The second-order valence-corrected chi connectivity index (χ2v) is 6.65. The van der Waals surface area contributed by atoms with E-state index in [0.29, 0.717) is 11.9 Å². The fourth-order valence-corrected chi connectivity index (χ4v) is 4.17. The van der Waals surface area contributed by atoms with Crippen molar-refractivity contribution in [2.45, 2.75) is 44.3 Å². The average molecular weight is 286 g/mol. The molecular formula is C13H20ClN3S. The van der Waals surface area contributed by atoms with Crippen LogP contribution in [0, 0.1) is 0 Å². The van der Waals surface area contributed by atoms with Crippen molar-refractivity contribution in [2.75, 3.05) is 19.6 Å². The Morgan fingerprint density at radius 3 is 3.17 bits per heavy atom. The van der Waals surface area contributed by atoms with Crippen molar-refractivity contribution in [2.24, 2.45) is 0 Å². The van der Waals surface area contributed by atoms with Crippen LogP contribution in [0.25, 0.3) is 0 Å². The normalized spacial score (nSPS) is 29.7. The maximum absolute atomic E-state index is 5.81. The summed E-state index contributed by atoms with van der Waals surface area (Å²) in [6.07, 6.45) is 2.74. The van der Waals surface area contributed by atoms with Crippen molar-refractivity contribution < 1.29 is 0 Å². The number of thiazole rings is 1. The van der Waals surface area contributed by atoms with Gasteiger partial charge in [0.15, 0.2) is 0 Å². The molecule has 5 heteroatoms. The number of fused-ring (bicyclic) bond motifs is 1. The Balaban J connectivity index is 1.64. The zero-order valence-electron chi connectivity index (χ0n) is 10.8. The SMILES string of the molecule is CC1CN2CCCC2CN1Cc1nc(CCl)cs1. The monoisotopic (exact) mass is 285 g/mol. The number of rotatable bonds is 3. The fourth-order valence-electron chi connectivity index (χ4n) is 3.12. The highest BCUT2D eigenvalue weighted by atomic mass is 35.5. The molecule has 3 rings (SSSR count). The van der Waals surface area contributed by atoms with Gasteiger partial charge in [0.2, 0.25) is 0 Å². The molecule has 0 saturated carbocycles. The molecule has 18 heavy (non-hydrogen) atoms. The number of hydrogen-bond donors (Lipinski definition) is 0. The van der Waals surface area contributed by atoms with Crippen LogP contribution in [0.3, 0.4) is 0 Å². The van der Waals surface area contributed by atoms with Gasteiger partial charge in [-0.05, 0) is 26.3 Å². The Morgan fingerprint density at radius 2 is 2.39 bits per heavy atom. The van der Waals surface area contributed by atoms with E-state index in [1.807, 2.05) is 0 Å². The molecule has 2 aliphatic rings. The van der Waals surface area contributed by atoms with Gasteiger partial charge in [-0.15, -0.1) is 22.9 Å². The topological polar surface area (TPSA) is 19.4 Å². The second-order valence-electron chi connectivity index (χ2n) is 5.44. The molecule has 2 saturated heterocycles. The zero-order valence-corrected chi connectivity index (χ0v) is 12.4. The first-order valence-electron chi connectivity index (χ1n) is 6.73. The molecule has 3 heterocycles. The van der Waals surface area contributed by atoms with Gasteiger partial charge in [-0.25, -0.2) is 4.98 Å². The van der Waals surface area contributed by atoms with Gasteiger partial charge in [0, 0.05) is 30.6 Å². The van der Waals surface area contributed by atoms with E-state index in [9.17, 15) is 0 Å². The molecule has 0 aromatic carbocycles. The summed E-state index contributed by atoms with van der Waals surface area (Å²) in [7, 11) is 0. The highest BCUT2D eigenvalue weighted by Gasteiger charge is 2.34. The quantitative estimate of drug-likeness (QED) is 0.796. The second kappa shape index (κ2) is 5.45. The van der Waals surface area contributed by atoms with Crippen molar-refractivity contribution in [3.8, 4) is 0 Å². The average Bonchev–Trinajstić information content (AvgIpc) is 2.98. The molecule has 0 amide bonds. The van der Waals surface area contributed by atoms with Crippen molar-refractivity contribution in [1.29, 1.82) is 0 Å². The van der Waals surface area contributed by atoms with E-state index < -0.39 is 0 Å². The largest absolute Gasteiger partial charge is 0.298 e. The summed E-state index contributed by atoms with van der Waals surface area (Å²) < 4.78 is 0. The molecule has 1 aromatic heterocycles.